The number of benzene rings is 2. The molecule has 1 saturated carbocycles. The van der Waals surface area contributed by atoms with Crippen LogP contribution in [-0.4, -0.2) is 33.7 Å². The average Bonchev–Trinajstić information content (AvgIpc) is 3.21. The summed E-state index contributed by atoms with van der Waals surface area (Å²) in [5.74, 6) is 1.37. The lowest BCUT2D eigenvalue weighted by Crippen LogP contribution is -2.40. The van der Waals surface area contributed by atoms with Crippen LogP contribution in [0, 0.1) is 11.8 Å². The van der Waals surface area contributed by atoms with Crippen LogP contribution in [0.3, 0.4) is 0 Å². The number of ether oxygens (including phenoxy) is 2. The van der Waals surface area contributed by atoms with Crippen molar-refractivity contribution in [1.29, 1.82) is 0 Å². The minimum absolute atomic E-state index is 0.0784. The zero-order valence-corrected chi connectivity index (χ0v) is 22.1. The van der Waals surface area contributed by atoms with E-state index in [0.717, 1.165) is 19.3 Å². The molecule has 2 aromatic carbocycles. The van der Waals surface area contributed by atoms with E-state index in [1.54, 1.807) is 54.6 Å². The van der Waals surface area contributed by atoms with E-state index in [1.165, 1.54) is 0 Å². The van der Waals surface area contributed by atoms with Gasteiger partial charge >= 0.3 is 5.97 Å². The molecule has 0 aromatic heterocycles. The number of allylic oxidation sites excluding steroid dienone is 3. The van der Waals surface area contributed by atoms with Crippen molar-refractivity contribution in [2.24, 2.45) is 11.8 Å². The van der Waals surface area contributed by atoms with E-state index >= 15 is 0 Å². The van der Waals surface area contributed by atoms with Gasteiger partial charge in [-0.1, -0.05) is 35.9 Å². The minimum atomic E-state index is -0.889. The van der Waals surface area contributed by atoms with Crippen LogP contribution >= 0.6 is 11.6 Å². The van der Waals surface area contributed by atoms with Crippen molar-refractivity contribution < 1.29 is 29.3 Å². The molecule has 198 valence electrons. The van der Waals surface area contributed by atoms with Gasteiger partial charge in [-0.25, -0.2) is 0 Å². The van der Waals surface area contributed by atoms with Crippen LogP contribution in [0.5, 0.6) is 17.2 Å². The maximum absolute atomic E-state index is 12.4. The number of halogens is 1. The molecule has 3 atom stereocenters. The van der Waals surface area contributed by atoms with Gasteiger partial charge in [0.25, 0.3) is 0 Å². The molecule has 0 spiro atoms. The topological polar surface area (TPSA) is 93.1 Å². The van der Waals surface area contributed by atoms with E-state index in [-0.39, 0.29) is 24.0 Å². The smallest absolute Gasteiger partial charge is 0.303 e. The number of aliphatic hydroxyl groups excluding tert-OH is 1. The van der Waals surface area contributed by atoms with Crippen molar-refractivity contribution in [3.8, 4) is 17.2 Å². The van der Waals surface area contributed by atoms with Crippen molar-refractivity contribution in [3.63, 3.8) is 0 Å². The summed E-state index contributed by atoms with van der Waals surface area (Å²) in [7, 11) is 0. The third-order valence-corrected chi connectivity index (χ3v) is 6.75. The lowest BCUT2D eigenvalue weighted by atomic mass is 9.89. The minimum Gasteiger partial charge on any atom is -0.485 e. The van der Waals surface area contributed by atoms with Gasteiger partial charge < -0.3 is 19.7 Å². The molecular weight excluding hydrogens is 492 g/mol. The quantitative estimate of drug-likeness (QED) is 0.273. The van der Waals surface area contributed by atoms with Gasteiger partial charge in [-0.05, 0) is 94.0 Å². The fourth-order valence-corrected chi connectivity index (χ4v) is 4.44. The number of carbonyl (C=O) groups is 2. The number of carbonyl (C=O) groups excluding carboxylic acids is 1. The third kappa shape index (κ3) is 9.06. The van der Waals surface area contributed by atoms with Gasteiger partial charge in [-0.2, -0.15) is 0 Å². The van der Waals surface area contributed by atoms with Crippen LogP contribution in [0.25, 0.3) is 0 Å². The summed E-state index contributed by atoms with van der Waals surface area (Å²) in [6, 6.07) is 14.3. The molecule has 0 bridgehead atoms. The van der Waals surface area contributed by atoms with E-state index in [4.69, 9.17) is 26.2 Å². The molecule has 1 aliphatic rings. The summed E-state index contributed by atoms with van der Waals surface area (Å²) in [5.41, 5.74) is -0.889. The summed E-state index contributed by atoms with van der Waals surface area (Å²) in [6.07, 6.45) is 9.99. The molecule has 6 nitrogen and oxygen atoms in total. The monoisotopic (exact) mass is 526 g/mol. The molecule has 0 heterocycles. The number of aliphatic carboxylic acids is 1. The first-order valence-corrected chi connectivity index (χ1v) is 13.0. The van der Waals surface area contributed by atoms with Gasteiger partial charge in [0, 0.05) is 23.8 Å². The Morgan fingerprint density at radius 1 is 1.05 bits per heavy atom. The van der Waals surface area contributed by atoms with Gasteiger partial charge in [0.1, 0.15) is 34.7 Å². The van der Waals surface area contributed by atoms with Crippen molar-refractivity contribution in [3.05, 3.63) is 77.9 Å². The highest BCUT2D eigenvalue weighted by molar-refractivity contribution is 6.30. The number of aliphatic hydroxyl groups is 1. The number of carboxylic acid groups (broad SMARTS) is 1. The predicted molar refractivity (Wildman–Crippen MR) is 144 cm³/mol. The van der Waals surface area contributed by atoms with Crippen LogP contribution in [0.15, 0.2) is 72.8 Å². The Kier molecular flexibility index (Phi) is 10.4. The lowest BCUT2D eigenvalue weighted by molar-refractivity contribution is -0.136. The molecule has 3 rings (SSSR count). The highest BCUT2D eigenvalue weighted by atomic mass is 35.5. The molecule has 1 unspecified atom stereocenters. The van der Waals surface area contributed by atoms with Crippen LogP contribution in [0.2, 0.25) is 5.02 Å². The summed E-state index contributed by atoms with van der Waals surface area (Å²) in [5, 5.41) is 20.2. The molecular formula is C30H35ClO6. The molecule has 0 aliphatic heterocycles. The Hall–Kier alpha value is -3.09. The second kappa shape index (κ2) is 13.5. The molecule has 37 heavy (non-hydrogen) atoms. The van der Waals surface area contributed by atoms with E-state index in [9.17, 15) is 14.7 Å². The SMILES string of the molecule is CC(C)(Oc1ccc(Oc2ccc(Cl)cc2)cc1)C(O)C=C[C@H]1CCC(=O)[C@H]1CCC=CCCC(=O)O. The van der Waals surface area contributed by atoms with E-state index < -0.39 is 17.7 Å². The summed E-state index contributed by atoms with van der Waals surface area (Å²) in [4.78, 5) is 23.0. The normalized spacial score (nSPS) is 19.0. The molecule has 2 aromatic rings. The molecule has 1 fully saturated rings. The van der Waals surface area contributed by atoms with Crippen molar-refractivity contribution in [2.45, 2.75) is 64.1 Å². The second-order valence-corrected chi connectivity index (χ2v) is 10.3. The van der Waals surface area contributed by atoms with Crippen molar-refractivity contribution >= 4 is 23.4 Å². The van der Waals surface area contributed by atoms with E-state index in [2.05, 4.69) is 0 Å². The van der Waals surface area contributed by atoms with Crippen molar-refractivity contribution in [2.75, 3.05) is 0 Å². The molecule has 2 N–H and O–H groups in total. The van der Waals surface area contributed by atoms with Gasteiger partial charge in [0.05, 0.1) is 0 Å². The Balaban J connectivity index is 1.52. The average molecular weight is 527 g/mol. The number of ketones is 1. The van der Waals surface area contributed by atoms with Crippen molar-refractivity contribution in [1.82, 2.24) is 0 Å². The Morgan fingerprint density at radius 2 is 1.65 bits per heavy atom. The Bertz CT molecular complexity index is 1090. The molecule has 0 radical (unpaired) electrons. The van der Waals surface area contributed by atoms with Crippen LogP contribution in [0.1, 0.15) is 52.4 Å². The number of hydrogen-bond donors (Lipinski definition) is 2. The summed E-state index contributed by atoms with van der Waals surface area (Å²) in [6.45, 7) is 3.64. The molecule has 0 amide bonds. The predicted octanol–water partition coefficient (Wildman–Crippen LogP) is 7.00. The maximum Gasteiger partial charge on any atom is 0.303 e. The molecule has 7 heteroatoms. The van der Waals surface area contributed by atoms with Gasteiger partial charge in [-0.3, -0.25) is 9.59 Å². The molecule has 1 aliphatic carbocycles. The number of carboxylic acids is 1. The Morgan fingerprint density at radius 3 is 2.30 bits per heavy atom. The van der Waals surface area contributed by atoms with Gasteiger partial charge in [0.15, 0.2) is 0 Å². The maximum atomic E-state index is 12.4. The fourth-order valence-electron chi connectivity index (χ4n) is 4.32. The highest BCUT2D eigenvalue weighted by Crippen LogP contribution is 2.34. The van der Waals surface area contributed by atoms with Crippen LogP contribution < -0.4 is 9.47 Å². The largest absolute Gasteiger partial charge is 0.485 e. The highest BCUT2D eigenvalue weighted by Gasteiger charge is 2.33. The van der Waals surface area contributed by atoms with Gasteiger partial charge in [-0.15, -0.1) is 0 Å². The first-order chi connectivity index (χ1) is 17.6. The number of Topliss-reactive ketones (excluding diaryl/α,β-unsaturated/α-hetero) is 1. The zero-order valence-electron chi connectivity index (χ0n) is 21.3. The standard InChI is InChI=1S/C30H35ClO6/c1-30(2,37-25-17-15-24(16-18-25)36-23-13-11-22(31)12-14-23)28(33)20-10-21-9-19-27(32)26(21)7-5-3-4-6-8-29(34)35/h3-4,10-18,20-21,26,28,33H,5-9,19H2,1-2H3,(H,34,35)/t21-,26+,28?/m1/s1. The Labute approximate surface area is 223 Å². The second-order valence-electron chi connectivity index (χ2n) is 9.82. The molecule has 0 saturated heterocycles. The summed E-state index contributed by atoms with van der Waals surface area (Å²) < 4.78 is 11.9. The zero-order chi connectivity index (χ0) is 26.8. The first-order valence-electron chi connectivity index (χ1n) is 12.6. The lowest BCUT2D eigenvalue weighted by Gasteiger charge is -2.30. The van der Waals surface area contributed by atoms with Gasteiger partial charge in [0.2, 0.25) is 0 Å². The summed E-state index contributed by atoms with van der Waals surface area (Å²) >= 11 is 5.91. The van der Waals surface area contributed by atoms with Crippen LogP contribution in [0.4, 0.5) is 0 Å². The number of rotatable bonds is 13. The van der Waals surface area contributed by atoms with Crippen LogP contribution in [-0.2, 0) is 9.59 Å². The fraction of sp³-hybridized carbons (Fsp3) is 0.400. The number of hydrogen-bond acceptors (Lipinski definition) is 5. The van der Waals surface area contributed by atoms with E-state index in [0.29, 0.717) is 35.1 Å². The van der Waals surface area contributed by atoms with E-state index in [1.807, 2.05) is 32.1 Å². The third-order valence-electron chi connectivity index (χ3n) is 6.50. The first kappa shape index (κ1) is 28.5.